The minimum absolute atomic E-state index is 0.298. The van der Waals surface area contributed by atoms with Gasteiger partial charge in [0.1, 0.15) is 0 Å². The average molecular weight is 302 g/mol. The molecule has 0 bridgehead atoms. The molecule has 1 nitrogen and oxygen atoms in total. The Bertz CT molecular complexity index is 390. The van der Waals surface area contributed by atoms with Crippen LogP contribution >= 0.6 is 23.2 Å². The van der Waals surface area contributed by atoms with Crippen LogP contribution in [0.1, 0.15) is 58.6 Å². The largest absolute Gasteiger partial charge is 0.307 e. The predicted molar refractivity (Wildman–Crippen MR) is 86.2 cm³/mol. The van der Waals surface area contributed by atoms with Crippen molar-refractivity contribution in [2.45, 2.75) is 59.0 Å². The Morgan fingerprint density at radius 1 is 1.11 bits per heavy atom. The van der Waals surface area contributed by atoms with Gasteiger partial charge in [-0.1, -0.05) is 50.0 Å². The Kier molecular flexibility index (Phi) is 7.20. The molecule has 3 heteroatoms. The van der Waals surface area contributed by atoms with Gasteiger partial charge in [-0.15, -0.1) is 0 Å². The van der Waals surface area contributed by atoms with Gasteiger partial charge in [0, 0.05) is 22.1 Å². The van der Waals surface area contributed by atoms with Gasteiger partial charge in [-0.25, -0.2) is 0 Å². The number of benzene rings is 1. The fourth-order valence-electron chi connectivity index (χ4n) is 2.22. The fourth-order valence-corrected chi connectivity index (χ4v) is 2.76. The Morgan fingerprint density at radius 2 is 1.79 bits per heavy atom. The van der Waals surface area contributed by atoms with E-state index in [9.17, 15) is 0 Å². The van der Waals surface area contributed by atoms with Gasteiger partial charge in [-0.05, 0) is 49.8 Å². The predicted octanol–water partition coefficient (Wildman–Crippen LogP) is 5.86. The van der Waals surface area contributed by atoms with Crippen LogP contribution in [0.3, 0.4) is 0 Å². The summed E-state index contributed by atoms with van der Waals surface area (Å²) in [5.41, 5.74) is 1.14. The zero-order valence-electron chi connectivity index (χ0n) is 12.3. The van der Waals surface area contributed by atoms with E-state index in [0.29, 0.717) is 17.1 Å². The summed E-state index contributed by atoms with van der Waals surface area (Å²) in [5.74, 6) is 0.753. The van der Waals surface area contributed by atoms with Crippen molar-refractivity contribution < 1.29 is 0 Å². The van der Waals surface area contributed by atoms with Crippen LogP contribution in [0.15, 0.2) is 18.2 Å². The molecule has 2 unspecified atom stereocenters. The third-order valence-electron chi connectivity index (χ3n) is 3.41. The minimum Gasteiger partial charge on any atom is -0.307 e. The van der Waals surface area contributed by atoms with E-state index in [2.05, 4.69) is 33.0 Å². The second-order valence-corrected chi connectivity index (χ2v) is 6.51. The standard InChI is InChI=1S/C16H25Cl2N/c1-5-16(19-12(4)7-6-11(2)3)14-9-8-13(17)10-15(14)18/h8-12,16,19H,5-7H2,1-4H3. The molecule has 0 spiro atoms. The molecule has 2 atom stereocenters. The summed E-state index contributed by atoms with van der Waals surface area (Å²) in [7, 11) is 0. The highest BCUT2D eigenvalue weighted by Gasteiger charge is 2.15. The van der Waals surface area contributed by atoms with Crippen molar-refractivity contribution in [1.82, 2.24) is 5.32 Å². The lowest BCUT2D eigenvalue weighted by molar-refractivity contribution is 0.398. The maximum atomic E-state index is 6.29. The normalized spacial score (nSPS) is 14.7. The minimum atomic E-state index is 0.298. The summed E-state index contributed by atoms with van der Waals surface area (Å²) in [6, 6.07) is 6.56. The topological polar surface area (TPSA) is 12.0 Å². The van der Waals surface area contributed by atoms with Crippen LogP contribution in [0, 0.1) is 5.92 Å². The van der Waals surface area contributed by atoms with Crippen molar-refractivity contribution in [3.63, 3.8) is 0 Å². The van der Waals surface area contributed by atoms with E-state index in [1.54, 1.807) is 0 Å². The number of hydrogen-bond acceptors (Lipinski definition) is 1. The molecule has 0 heterocycles. The molecule has 0 saturated carbocycles. The number of hydrogen-bond donors (Lipinski definition) is 1. The summed E-state index contributed by atoms with van der Waals surface area (Å²) in [5, 5.41) is 5.11. The summed E-state index contributed by atoms with van der Waals surface area (Å²) in [6.45, 7) is 8.95. The summed E-state index contributed by atoms with van der Waals surface area (Å²) in [4.78, 5) is 0. The zero-order chi connectivity index (χ0) is 14.4. The van der Waals surface area contributed by atoms with E-state index in [4.69, 9.17) is 23.2 Å². The summed E-state index contributed by atoms with van der Waals surface area (Å²) < 4.78 is 0. The van der Waals surface area contributed by atoms with E-state index in [0.717, 1.165) is 22.9 Å². The fraction of sp³-hybridized carbons (Fsp3) is 0.625. The van der Waals surface area contributed by atoms with Crippen molar-refractivity contribution in [1.29, 1.82) is 0 Å². The Labute approximate surface area is 127 Å². The first-order valence-corrected chi connectivity index (χ1v) is 7.90. The lowest BCUT2D eigenvalue weighted by Crippen LogP contribution is -2.30. The van der Waals surface area contributed by atoms with Crippen LogP contribution in [-0.4, -0.2) is 6.04 Å². The van der Waals surface area contributed by atoms with Gasteiger partial charge in [-0.3, -0.25) is 0 Å². The van der Waals surface area contributed by atoms with Crippen molar-refractivity contribution in [2.75, 3.05) is 0 Å². The maximum Gasteiger partial charge on any atom is 0.0468 e. The maximum absolute atomic E-state index is 6.29. The number of halogens is 2. The highest BCUT2D eigenvalue weighted by Crippen LogP contribution is 2.28. The van der Waals surface area contributed by atoms with E-state index in [1.165, 1.54) is 12.8 Å². The van der Waals surface area contributed by atoms with E-state index in [1.807, 2.05) is 18.2 Å². The molecule has 0 aliphatic carbocycles. The van der Waals surface area contributed by atoms with Crippen molar-refractivity contribution >= 4 is 23.2 Å². The molecule has 0 aliphatic heterocycles. The highest BCUT2D eigenvalue weighted by molar-refractivity contribution is 6.35. The SMILES string of the molecule is CCC(NC(C)CCC(C)C)c1ccc(Cl)cc1Cl. The molecule has 0 aliphatic rings. The van der Waals surface area contributed by atoms with Gasteiger partial charge in [0.2, 0.25) is 0 Å². The molecule has 0 fully saturated rings. The smallest absolute Gasteiger partial charge is 0.0468 e. The van der Waals surface area contributed by atoms with Crippen LogP contribution in [0.5, 0.6) is 0 Å². The summed E-state index contributed by atoms with van der Waals surface area (Å²) >= 11 is 12.2. The van der Waals surface area contributed by atoms with Crippen molar-refractivity contribution in [3.05, 3.63) is 33.8 Å². The molecular formula is C16H25Cl2N. The second-order valence-electron chi connectivity index (χ2n) is 5.67. The molecule has 0 amide bonds. The molecule has 0 aromatic heterocycles. The first-order valence-electron chi connectivity index (χ1n) is 7.15. The monoisotopic (exact) mass is 301 g/mol. The highest BCUT2D eigenvalue weighted by atomic mass is 35.5. The van der Waals surface area contributed by atoms with Crippen LogP contribution in [-0.2, 0) is 0 Å². The molecule has 0 saturated heterocycles. The second kappa shape index (κ2) is 8.14. The number of nitrogens with one attached hydrogen (secondary N) is 1. The number of rotatable bonds is 7. The molecular weight excluding hydrogens is 277 g/mol. The molecule has 1 rings (SSSR count). The van der Waals surface area contributed by atoms with Gasteiger partial charge in [0.25, 0.3) is 0 Å². The van der Waals surface area contributed by atoms with Gasteiger partial charge in [0.05, 0.1) is 0 Å². The lowest BCUT2D eigenvalue weighted by atomic mass is 10.0. The van der Waals surface area contributed by atoms with Crippen molar-refractivity contribution in [3.8, 4) is 0 Å². The van der Waals surface area contributed by atoms with Crippen LogP contribution in [0.4, 0.5) is 0 Å². The van der Waals surface area contributed by atoms with Gasteiger partial charge in [-0.2, -0.15) is 0 Å². The van der Waals surface area contributed by atoms with Crippen molar-refractivity contribution in [2.24, 2.45) is 5.92 Å². The van der Waals surface area contributed by atoms with Gasteiger partial charge in [0.15, 0.2) is 0 Å². The van der Waals surface area contributed by atoms with E-state index >= 15 is 0 Å². The van der Waals surface area contributed by atoms with Crippen LogP contribution in [0.25, 0.3) is 0 Å². The molecule has 1 N–H and O–H groups in total. The quantitative estimate of drug-likeness (QED) is 0.665. The lowest BCUT2D eigenvalue weighted by Gasteiger charge is -2.24. The van der Waals surface area contributed by atoms with E-state index < -0.39 is 0 Å². The van der Waals surface area contributed by atoms with Gasteiger partial charge < -0.3 is 5.32 Å². The Morgan fingerprint density at radius 3 is 2.32 bits per heavy atom. The first kappa shape index (κ1) is 16.8. The molecule has 1 aromatic rings. The van der Waals surface area contributed by atoms with E-state index in [-0.39, 0.29) is 0 Å². The third kappa shape index (κ3) is 5.72. The Balaban J connectivity index is 2.67. The summed E-state index contributed by atoms with van der Waals surface area (Å²) in [6.07, 6.45) is 3.46. The van der Waals surface area contributed by atoms with Crippen LogP contribution < -0.4 is 5.32 Å². The molecule has 1 aromatic carbocycles. The first-order chi connectivity index (χ1) is 8.93. The average Bonchev–Trinajstić information content (AvgIpc) is 2.34. The Hall–Kier alpha value is -0.240. The zero-order valence-corrected chi connectivity index (χ0v) is 13.9. The third-order valence-corrected chi connectivity index (χ3v) is 3.97. The molecule has 0 radical (unpaired) electrons. The van der Waals surface area contributed by atoms with Gasteiger partial charge >= 0.3 is 0 Å². The molecule has 19 heavy (non-hydrogen) atoms. The molecule has 108 valence electrons. The van der Waals surface area contributed by atoms with Crippen LogP contribution in [0.2, 0.25) is 10.0 Å².